The van der Waals surface area contributed by atoms with Crippen molar-refractivity contribution in [2.45, 2.75) is 19.3 Å². The van der Waals surface area contributed by atoms with Crippen molar-refractivity contribution >= 4 is 22.8 Å². The number of H-pyrrole nitrogens is 1. The number of nitrogens with zero attached hydrogens (tertiary/aromatic N) is 5. The molecule has 2 aromatic rings. The topological polar surface area (TPSA) is 69.5 Å². The maximum absolute atomic E-state index is 13.0. The number of anilines is 1. The Kier molecular flexibility index (Phi) is 1.76. The highest BCUT2D eigenvalue weighted by molar-refractivity contribution is 5.87. The first-order valence-corrected chi connectivity index (χ1v) is 6.52. The van der Waals surface area contributed by atoms with Crippen molar-refractivity contribution in [3.8, 4) is 0 Å². The second-order valence-corrected chi connectivity index (χ2v) is 4.61. The van der Waals surface area contributed by atoms with E-state index in [-0.39, 0.29) is 15.9 Å². The van der Waals surface area contributed by atoms with Gasteiger partial charge in [0.05, 0.1) is 15.5 Å². The van der Waals surface area contributed by atoms with Gasteiger partial charge >= 0.3 is 5.91 Å². The highest BCUT2D eigenvalue weighted by atomic mass is 16.2. The van der Waals surface area contributed by atoms with Crippen molar-refractivity contribution < 1.29 is 21.2 Å². The number of hydrogen-bond acceptors (Lipinski definition) is 4. The van der Waals surface area contributed by atoms with Crippen LogP contribution in [0.15, 0.2) is 18.6 Å². The number of likely N-dealkylation sites (N-methyl/N-ethyl adjacent to an activating group) is 1. The third-order valence-corrected chi connectivity index (χ3v) is 3.17. The summed E-state index contributed by atoms with van der Waals surface area (Å²) in [6.45, 7) is -6.37. The van der Waals surface area contributed by atoms with Crippen molar-refractivity contribution in [1.29, 1.82) is 0 Å². The Morgan fingerprint density at radius 2 is 2.65 bits per heavy atom. The van der Waals surface area contributed by atoms with Crippen LogP contribution in [0.1, 0.15) is 29.7 Å². The van der Waals surface area contributed by atoms with Gasteiger partial charge in [-0.3, -0.25) is 4.79 Å². The summed E-state index contributed by atoms with van der Waals surface area (Å²) in [7, 11) is 0. The second kappa shape index (κ2) is 6.24. The molecule has 7 heteroatoms. The molecular formula is C16H20N6O. The van der Waals surface area contributed by atoms with Crippen molar-refractivity contribution in [3.05, 3.63) is 30.0 Å². The molecule has 0 aliphatic carbocycles. The molecule has 0 spiro atoms. The van der Waals surface area contributed by atoms with Crippen LogP contribution in [0.4, 0.5) is 5.82 Å². The number of carbonyl (C=O) groups excluding carboxylic acids is 1. The SMILES string of the molecule is [2H]C([2H])([N+]#[C-])C(=O)N1C([2H])([2H])C([2H])([2H])[C@@H](C)[C@@]([2H])(N(c2ncnc3[nH]ccc23)C([2H])([2H])[2H])C1([2H])[2H]. The van der Waals surface area contributed by atoms with E-state index >= 15 is 0 Å². The Bertz CT molecular complexity index is 1200. The van der Waals surface area contributed by atoms with Gasteiger partial charge in [0.25, 0.3) is 6.50 Å². The first-order valence-electron chi connectivity index (χ1n) is 12.5. The lowest BCUT2D eigenvalue weighted by atomic mass is 9.92. The van der Waals surface area contributed by atoms with E-state index in [4.69, 9.17) is 23.0 Å². The fraction of sp³-hybridized carbons (Fsp3) is 0.500. The van der Waals surface area contributed by atoms with Crippen LogP contribution in [0, 0.1) is 12.5 Å². The molecule has 2 aromatic heterocycles. The summed E-state index contributed by atoms with van der Waals surface area (Å²) in [5.74, 6) is -4.72. The summed E-state index contributed by atoms with van der Waals surface area (Å²) in [6, 6.07) is -1.98. The largest absolute Gasteiger partial charge is 0.354 e. The first kappa shape index (κ1) is 6.48. The zero-order chi connectivity index (χ0) is 27.0. The molecule has 0 radical (unpaired) electrons. The lowest BCUT2D eigenvalue weighted by molar-refractivity contribution is -0.130. The normalized spacial score (nSPS) is 39.8. The first-order chi connectivity index (χ1) is 15.7. The van der Waals surface area contributed by atoms with Crippen LogP contribution < -0.4 is 4.90 Å². The Morgan fingerprint density at radius 3 is 3.43 bits per heavy atom. The number of amides is 1. The molecule has 1 fully saturated rings. The fourth-order valence-corrected chi connectivity index (χ4v) is 2.06. The Labute approximate surface area is 152 Å². The van der Waals surface area contributed by atoms with Gasteiger partial charge in [-0.2, -0.15) is 0 Å². The number of nitrogens with one attached hydrogen (secondary N) is 1. The molecule has 120 valence electrons. The molecule has 0 bridgehead atoms. The summed E-state index contributed by atoms with van der Waals surface area (Å²) < 4.78 is 99.4. The van der Waals surface area contributed by atoms with Gasteiger partial charge in [-0.25, -0.2) is 16.5 Å². The van der Waals surface area contributed by atoms with Crippen molar-refractivity contribution in [1.82, 2.24) is 19.9 Å². The van der Waals surface area contributed by atoms with Gasteiger partial charge in [-0.05, 0) is 18.4 Å². The molecule has 7 nitrogen and oxygen atoms in total. The molecular weight excluding hydrogens is 292 g/mol. The predicted octanol–water partition coefficient (Wildman–Crippen LogP) is 1.55. The monoisotopic (exact) mass is 324 g/mol. The van der Waals surface area contributed by atoms with Gasteiger partial charge in [0, 0.05) is 35.8 Å². The summed E-state index contributed by atoms with van der Waals surface area (Å²) in [5, 5.41) is 0.0155. The number of hydrogen-bond donors (Lipinski definition) is 1. The van der Waals surface area contributed by atoms with Gasteiger partial charge in [0.2, 0.25) is 0 Å². The molecule has 1 N–H and O–H groups in total. The zero-order valence-electron chi connectivity index (χ0n) is 24.0. The average molecular weight is 324 g/mol. The van der Waals surface area contributed by atoms with Crippen molar-refractivity contribution in [2.75, 3.05) is 31.4 Å². The lowest BCUT2D eigenvalue weighted by Gasteiger charge is -2.41. The Morgan fingerprint density at radius 1 is 1.78 bits per heavy atom. The highest BCUT2D eigenvalue weighted by Gasteiger charge is 2.33. The standard InChI is InChI=1S/C16H20N6O/c1-11-5-7-22(14(23)8-17-2)9-13(11)21(3)16-12-4-6-18-15(12)19-10-20-16/h4,6,10-11,13H,5,7-9H2,1,3H3,(H,18,19,20)/t11-,13+/m1/s1/i3D3,5D2,7D2,8D2,9D2,13D. The van der Waals surface area contributed by atoms with Crippen molar-refractivity contribution in [3.63, 3.8) is 0 Å². The molecule has 3 rings (SSSR count). The van der Waals surface area contributed by atoms with Crippen LogP contribution in [0.3, 0.4) is 0 Å². The number of aromatic nitrogens is 3. The van der Waals surface area contributed by atoms with Crippen molar-refractivity contribution in [2.24, 2.45) is 5.92 Å². The van der Waals surface area contributed by atoms with E-state index in [1.807, 2.05) is 0 Å². The maximum atomic E-state index is 13.0. The molecule has 1 saturated heterocycles. The number of rotatable bonds is 3. The van der Waals surface area contributed by atoms with Crippen LogP contribution in [-0.4, -0.2) is 58.2 Å². The minimum absolute atomic E-state index is 0.0155. The molecule has 23 heavy (non-hydrogen) atoms. The molecule has 1 aliphatic rings. The molecule has 1 aliphatic heterocycles. The summed E-state index contributed by atoms with van der Waals surface area (Å²) >= 11 is 0. The molecule has 3 heterocycles. The van der Waals surface area contributed by atoms with Gasteiger partial charge in [-0.1, -0.05) is 6.92 Å². The van der Waals surface area contributed by atoms with Crippen LogP contribution in [0.2, 0.25) is 0 Å². The molecule has 0 saturated carbocycles. The maximum Gasteiger partial charge on any atom is 0.302 e. The quantitative estimate of drug-likeness (QED) is 0.870. The number of likely N-dealkylation sites (tertiary alicyclic amines) is 1. The zero-order valence-corrected chi connectivity index (χ0v) is 12.0. The van der Waals surface area contributed by atoms with E-state index in [0.717, 1.165) is 13.3 Å². The summed E-state index contributed by atoms with van der Waals surface area (Å²) in [5.41, 5.74) is 0.104. The van der Waals surface area contributed by atoms with Crippen LogP contribution >= 0.6 is 0 Å². The van der Waals surface area contributed by atoms with Crippen LogP contribution in [0.25, 0.3) is 15.9 Å². The molecule has 1 amide bonds. The number of carbonyl (C=O) groups is 1. The molecule has 0 unspecified atom stereocenters. The minimum Gasteiger partial charge on any atom is -0.354 e. The predicted molar refractivity (Wildman–Crippen MR) is 87.9 cm³/mol. The lowest BCUT2D eigenvalue weighted by Crippen LogP contribution is -2.53. The van der Waals surface area contributed by atoms with E-state index in [1.54, 1.807) is 0 Å². The van der Waals surface area contributed by atoms with Crippen LogP contribution in [0.5, 0.6) is 0 Å². The van der Waals surface area contributed by atoms with Gasteiger partial charge in [0.15, 0.2) is 0 Å². The van der Waals surface area contributed by atoms with Gasteiger partial charge in [0.1, 0.15) is 20.5 Å². The smallest absolute Gasteiger partial charge is 0.302 e. The molecule has 0 aromatic carbocycles. The molecule has 2 atom stereocenters. The third kappa shape index (κ3) is 2.84. The van der Waals surface area contributed by atoms with E-state index in [0.29, 0.717) is 0 Å². The Hall–Kier alpha value is -2.62. The second-order valence-electron chi connectivity index (χ2n) is 4.61. The average Bonchev–Trinajstić information content (AvgIpc) is 3.20. The van der Waals surface area contributed by atoms with E-state index in [9.17, 15) is 4.79 Å². The Balaban J connectivity index is 2.43. The van der Waals surface area contributed by atoms with Gasteiger partial charge in [-0.15, -0.1) is 0 Å². The number of aromatic amines is 1. The number of fused-ring (bicyclic) bond motifs is 1. The highest BCUT2D eigenvalue weighted by Crippen LogP contribution is 2.28. The van der Waals surface area contributed by atoms with E-state index < -0.39 is 61.4 Å². The number of piperidine rings is 1. The van der Waals surface area contributed by atoms with E-state index in [1.165, 1.54) is 12.3 Å². The third-order valence-electron chi connectivity index (χ3n) is 3.17. The fourth-order valence-electron chi connectivity index (χ4n) is 2.06. The summed E-state index contributed by atoms with van der Waals surface area (Å²) in [6.07, 6.45) is -1.01. The summed E-state index contributed by atoms with van der Waals surface area (Å²) in [4.78, 5) is 25.6. The minimum atomic E-state index is -3.71. The van der Waals surface area contributed by atoms with Gasteiger partial charge < -0.3 is 19.6 Å². The van der Waals surface area contributed by atoms with Crippen LogP contribution in [-0.2, 0) is 4.79 Å². The van der Waals surface area contributed by atoms with E-state index in [2.05, 4.69) is 19.8 Å².